The van der Waals surface area contributed by atoms with Crippen LogP contribution in [0, 0.1) is 0 Å². The summed E-state index contributed by atoms with van der Waals surface area (Å²) in [6.07, 6.45) is 22.4. The number of carbonyl (C=O) groups excluding carboxylic acids is 2. The Balaban J connectivity index is 0.750. The van der Waals surface area contributed by atoms with Crippen molar-refractivity contribution < 1.29 is 19.1 Å². The first-order chi connectivity index (χ1) is 36.5. The highest BCUT2D eigenvalue weighted by Crippen LogP contribution is 2.48. The van der Waals surface area contributed by atoms with Gasteiger partial charge in [-0.2, -0.15) is 0 Å². The van der Waals surface area contributed by atoms with Crippen LogP contribution in [0.3, 0.4) is 0 Å². The van der Waals surface area contributed by atoms with Crippen LogP contribution in [0.15, 0.2) is 116 Å². The van der Waals surface area contributed by atoms with E-state index in [9.17, 15) is 4.79 Å². The lowest BCUT2D eigenvalue weighted by Crippen LogP contribution is -2.45. The van der Waals surface area contributed by atoms with Crippen LogP contribution in [0.4, 0.5) is 0 Å². The number of imidazole rings is 2. The number of hydrogen-bond acceptors (Lipinski definition) is 8. The molecule has 2 amide bonds. The molecule has 7 aliphatic heterocycles. The number of H-pyrrole nitrogens is 2. The number of aromatic amines is 2. The molecule has 8 bridgehead atoms. The van der Waals surface area contributed by atoms with Gasteiger partial charge in [0.15, 0.2) is 0 Å². The molecule has 0 unspecified atom stereocenters. The van der Waals surface area contributed by atoms with Gasteiger partial charge in [0.1, 0.15) is 29.5 Å². The second-order valence-electron chi connectivity index (χ2n) is 22.5. The molecular formula is C62H72N8O4. The third-order valence-electron chi connectivity index (χ3n) is 18.2. The van der Waals surface area contributed by atoms with Crippen molar-refractivity contribution >= 4 is 11.8 Å². The standard InChI is InChI=1S/C62H72N8O4/c71-61(57(43-14-7-5-8-15-43)69-46-24-25-47(69)27-26-46)67-33-13-18-54(67)59-63-38-52(65-59)42-21-19-41(20-22-42)45-23-32-51-53-39-64-60(66-53)55-37-50(73-34-11-3-1-2-4-12-35-74-56(51)36-45)40-68(55)62(72)58(44-16-9-6-10-17-44)70-48-28-29-49(70)31-30-48/h5-10,14-17,19-23,32,36,38-39,46-50,54-55,57-58H,1-4,11-13,18,24-31,33-35,37,40H2,(H,63,65)(H,64,66)/t46?,47?,48?,49?,50-,54-,55-,57+,58-/m0/s1. The molecule has 13 rings (SSSR count). The Bertz CT molecular complexity index is 2860. The Kier molecular flexibility index (Phi) is 13.5. The van der Waals surface area contributed by atoms with Crippen molar-refractivity contribution in [3.8, 4) is 39.4 Å². The average molecular weight is 993 g/mol. The second kappa shape index (κ2) is 20.9. The lowest BCUT2D eigenvalue weighted by molar-refractivity contribution is -0.140. The summed E-state index contributed by atoms with van der Waals surface area (Å²) < 4.78 is 13.3. The Morgan fingerprint density at radius 1 is 0.527 bits per heavy atom. The molecule has 4 aromatic carbocycles. The first-order valence-electron chi connectivity index (χ1n) is 28.4. The Labute approximate surface area is 436 Å². The SMILES string of the molecule is O=C([C@H](c1ccccc1)N1C2CCC1CC2)N1C[C@@H]2C[C@H]1c1ncc([nH]1)-c1ccc(-c3ccc(-c4cnc([C@@H]5CCCN5C(=O)[C@@H](c5ccccc5)N5C6CCC5CC6)[nH]4)cc3)cc1OCCCCCCCCO2. The summed E-state index contributed by atoms with van der Waals surface area (Å²) in [4.78, 5) is 56.7. The summed E-state index contributed by atoms with van der Waals surface area (Å²) in [6.45, 7) is 2.65. The topological polar surface area (TPSA) is 123 Å². The van der Waals surface area contributed by atoms with E-state index in [2.05, 4.69) is 121 Å². The lowest BCUT2D eigenvalue weighted by Gasteiger charge is -2.35. The van der Waals surface area contributed by atoms with Crippen LogP contribution in [0.5, 0.6) is 5.75 Å². The summed E-state index contributed by atoms with van der Waals surface area (Å²) in [5, 5.41) is 0. The number of rotatable bonds is 9. The predicted octanol–water partition coefficient (Wildman–Crippen LogP) is 11.9. The van der Waals surface area contributed by atoms with E-state index < -0.39 is 0 Å². The van der Waals surface area contributed by atoms with E-state index >= 15 is 4.79 Å². The van der Waals surface area contributed by atoms with E-state index in [1.165, 1.54) is 64.2 Å². The van der Waals surface area contributed by atoms with Gasteiger partial charge >= 0.3 is 0 Å². The number of carbonyl (C=O) groups is 2. The smallest absolute Gasteiger partial charge is 0.245 e. The van der Waals surface area contributed by atoms with E-state index in [1.54, 1.807) is 0 Å². The minimum Gasteiger partial charge on any atom is -0.493 e. The van der Waals surface area contributed by atoms with Crippen LogP contribution in [0.25, 0.3) is 33.6 Å². The summed E-state index contributed by atoms with van der Waals surface area (Å²) in [7, 11) is 0. The number of amides is 2. The molecule has 9 heterocycles. The van der Waals surface area contributed by atoms with Crippen molar-refractivity contribution in [3.05, 3.63) is 138 Å². The number of fused-ring (bicyclic) bond motifs is 11. The summed E-state index contributed by atoms with van der Waals surface area (Å²) in [5.41, 5.74) is 8.17. The largest absolute Gasteiger partial charge is 0.493 e. The zero-order valence-electron chi connectivity index (χ0n) is 42.8. The number of likely N-dealkylation sites (tertiary alicyclic amines) is 2. The lowest BCUT2D eigenvalue weighted by atomic mass is 10.00. The van der Waals surface area contributed by atoms with Gasteiger partial charge in [-0.15, -0.1) is 0 Å². The predicted molar refractivity (Wildman–Crippen MR) is 287 cm³/mol. The Hall–Kier alpha value is -6.08. The van der Waals surface area contributed by atoms with Gasteiger partial charge in [0, 0.05) is 55.8 Å². The van der Waals surface area contributed by atoms with Gasteiger partial charge in [0.25, 0.3) is 0 Å². The van der Waals surface area contributed by atoms with Crippen molar-refractivity contribution in [2.24, 2.45) is 0 Å². The average Bonchev–Trinajstić information content (AvgIpc) is 4.34. The highest BCUT2D eigenvalue weighted by Gasteiger charge is 2.51. The highest BCUT2D eigenvalue weighted by atomic mass is 16.5. The molecule has 2 N–H and O–H groups in total. The monoisotopic (exact) mass is 993 g/mol. The number of benzene rings is 4. The molecular weight excluding hydrogens is 921 g/mol. The zero-order valence-corrected chi connectivity index (χ0v) is 42.8. The Morgan fingerprint density at radius 2 is 1.05 bits per heavy atom. The normalized spacial score (nSPS) is 27.2. The summed E-state index contributed by atoms with van der Waals surface area (Å²) in [5.74, 6) is 2.84. The molecule has 2 aromatic heterocycles. The van der Waals surface area contributed by atoms with E-state index in [1.807, 2.05) is 24.5 Å². The molecule has 12 heteroatoms. The molecule has 6 fully saturated rings. The van der Waals surface area contributed by atoms with Crippen molar-refractivity contribution in [2.45, 2.75) is 164 Å². The fourth-order valence-corrected chi connectivity index (χ4v) is 14.5. The van der Waals surface area contributed by atoms with Crippen molar-refractivity contribution in [3.63, 3.8) is 0 Å². The maximum absolute atomic E-state index is 15.2. The molecule has 0 saturated carbocycles. The molecule has 7 aliphatic rings. The number of hydrogen-bond donors (Lipinski definition) is 2. The number of nitrogens with one attached hydrogen (secondary N) is 2. The van der Waals surface area contributed by atoms with Gasteiger partial charge in [-0.05, 0) is 117 Å². The Morgan fingerprint density at radius 3 is 1.69 bits per heavy atom. The number of ether oxygens (including phenoxy) is 2. The minimum absolute atomic E-state index is 0.0517. The van der Waals surface area contributed by atoms with E-state index in [0.717, 1.165) is 107 Å². The molecule has 0 aliphatic carbocycles. The van der Waals surface area contributed by atoms with E-state index in [0.29, 0.717) is 50.3 Å². The van der Waals surface area contributed by atoms with E-state index in [-0.39, 0.29) is 42.1 Å². The summed E-state index contributed by atoms with van der Waals surface area (Å²) in [6, 6.07) is 37.1. The van der Waals surface area contributed by atoms with Gasteiger partial charge in [-0.3, -0.25) is 19.4 Å². The first kappa shape index (κ1) is 47.6. The maximum atomic E-state index is 15.2. The molecule has 5 atom stereocenters. The molecule has 384 valence electrons. The van der Waals surface area contributed by atoms with Crippen LogP contribution < -0.4 is 4.74 Å². The number of nitrogens with zero attached hydrogens (tertiary/aromatic N) is 6. The van der Waals surface area contributed by atoms with Gasteiger partial charge in [-0.1, -0.05) is 117 Å². The molecule has 0 radical (unpaired) electrons. The molecule has 12 nitrogen and oxygen atoms in total. The third kappa shape index (κ3) is 9.18. The first-order valence-corrected chi connectivity index (χ1v) is 28.4. The van der Waals surface area contributed by atoms with Crippen molar-refractivity contribution in [2.75, 3.05) is 26.3 Å². The van der Waals surface area contributed by atoms with Gasteiger partial charge in [0.2, 0.25) is 11.8 Å². The van der Waals surface area contributed by atoms with Crippen molar-refractivity contribution in [1.29, 1.82) is 0 Å². The quantitative estimate of drug-likeness (QED) is 0.147. The number of aromatic nitrogens is 4. The van der Waals surface area contributed by atoms with Gasteiger partial charge in [0.05, 0.1) is 48.6 Å². The zero-order chi connectivity index (χ0) is 49.5. The van der Waals surface area contributed by atoms with Gasteiger partial charge < -0.3 is 29.2 Å². The van der Waals surface area contributed by atoms with Crippen molar-refractivity contribution in [1.82, 2.24) is 39.5 Å². The molecule has 6 aromatic rings. The summed E-state index contributed by atoms with van der Waals surface area (Å²) >= 11 is 0. The molecule has 74 heavy (non-hydrogen) atoms. The molecule has 0 spiro atoms. The molecule has 6 saturated heterocycles. The third-order valence-corrected chi connectivity index (χ3v) is 18.2. The fraction of sp³-hybridized carbons (Fsp3) is 0.484. The van der Waals surface area contributed by atoms with Gasteiger partial charge in [-0.25, -0.2) is 9.97 Å². The fourth-order valence-electron chi connectivity index (χ4n) is 14.5. The van der Waals surface area contributed by atoms with Crippen LogP contribution in [-0.2, 0) is 14.3 Å². The van der Waals surface area contributed by atoms with Crippen LogP contribution in [0.1, 0.15) is 156 Å². The maximum Gasteiger partial charge on any atom is 0.245 e. The van der Waals surface area contributed by atoms with Crippen LogP contribution >= 0.6 is 0 Å². The second-order valence-corrected chi connectivity index (χ2v) is 22.5. The highest BCUT2D eigenvalue weighted by molar-refractivity contribution is 5.85. The van der Waals surface area contributed by atoms with Crippen LogP contribution in [0.2, 0.25) is 0 Å². The van der Waals surface area contributed by atoms with E-state index in [4.69, 9.17) is 19.4 Å². The van der Waals surface area contributed by atoms with Crippen LogP contribution in [-0.4, -0.2) is 108 Å². The minimum atomic E-state index is -0.319.